The van der Waals surface area contributed by atoms with Gasteiger partial charge in [-0.1, -0.05) is 6.07 Å². The van der Waals surface area contributed by atoms with Crippen LogP contribution in [-0.2, 0) is 9.59 Å². The van der Waals surface area contributed by atoms with Crippen LogP contribution >= 0.6 is 0 Å². The van der Waals surface area contributed by atoms with Crippen molar-refractivity contribution in [1.29, 1.82) is 0 Å². The van der Waals surface area contributed by atoms with E-state index in [0.717, 1.165) is 63.3 Å². The Morgan fingerprint density at radius 3 is 2.77 bits per heavy atom. The summed E-state index contributed by atoms with van der Waals surface area (Å²) in [6.07, 6.45) is 4.99. The normalized spacial score (nSPS) is 19.4. The first-order valence-corrected chi connectivity index (χ1v) is 9.58. The fourth-order valence-corrected chi connectivity index (χ4v) is 3.80. The van der Waals surface area contributed by atoms with Gasteiger partial charge in [0.05, 0.1) is 13.7 Å². The molecule has 2 heterocycles. The summed E-state index contributed by atoms with van der Waals surface area (Å²) in [5.74, 6) is 1.62. The van der Waals surface area contributed by atoms with Crippen LogP contribution in [0.2, 0.25) is 0 Å². The van der Waals surface area contributed by atoms with Crippen LogP contribution in [0.3, 0.4) is 0 Å². The molecule has 2 fully saturated rings. The molecular formula is C20H29N3O3. The second-order valence-corrected chi connectivity index (χ2v) is 7.30. The molecule has 0 spiro atoms. The number of nitrogens with one attached hydrogen (secondary N) is 1. The molecule has 2 amide bonds. The summed E-state index contributed by atoms with van der Waals surface area (Å²) in [6.45, 7) is 4.05. The molecule has 26 heavy (non-hydrogen) atoms. The van der Waals surface area contributed by atoms with Crippen molar-refractivity contribution in [1.82, 2.24) is 9.80 Å². The number of nitrogens with zero attached hydrogens (tertiary/aromatic N) is 2. The highest BCUT2D eigenvalue weighted by molar-refractivity contribution is 5.92. The predicted octanol–water partition coefficient (Wildman–Crippen LogP) is 2.36. The van der Waals surface area contributed by atoms with Crippen LogP contribution in [0.4, 0.5) is 5.69 Å². The second-order valence-electron chi connectivity index (χ2n) is 7.30. The first kappa shape index (κ1) is 18.7. The molecule has 6 nitrogen and oxygen atoms in total. The van der Waals surface area contributed by atoms with E-state index in [9.17, 15) is 9.59 Å². The minimum atomic E-state index is 0.00270. The average Bonchev–Trinajstić information content (AvgIpc) is 2.65. The summed E-state index contributed by atoms with van der Waals surface area (Å²) >= 11 is 0. The number of likely N-dealkylation sites (tertiary alicyclic amines) is 2. The van der Waals surface area contributed by atoms with Crippen LogP contribution in [0, 0.1) is 5.92 Å². The predicted molar refractivity (Wildman–Crippen MR) is 101 cm³/mol. The first-order valence-electron chi connectivity index (χ1n) is 9.58. The van der Waals surface area contributed by atoms with Gasteiger partial charge in [0, 0.05) is 31.3 Å². The number of piperidine rings is 2. The lowest BCUT2D eigenvalue weighted by atomic mass is 9.95. The Morgan fingerprint density at radius 2 is 2.04 bits per heavy atom. The van der Waals surface area contributed by atoms with Gasteiger partial charge in [-0.3, -0.25) is 14.5 Å². The molecule has 0 aliphatic carbocycles. The molecule has 0 aromatic heterocycles. The molecule has 2 aliphatic rings. The summed E-state index contributed by atoms with van der Waals surface area (Å²) in [7, 11) is 1.61. The fraction of sp³-hybridized carbons (Fsp3) is 0.600. The topological polar surface area (TPSA) is 61.9 Å². The molecule has 3 rings (SSSR count). The van der Waals surface area contributed by atoms with E-state index in [2.05, 4.69) is 10.2 Å². The third kappa shape index (κ3) is 5.21. The molecule has 0 bridgehead atoms. The number of methoxy groups -OCH3 is 1. The molecule has 2 aliphatic heterocycles. The van der Waals surface area contributed by atoms with E-state index in [0.29, 0.717) is 24.8 Å². The maximum Gasteiger partial charge on any atom is 0.238 e. The van der Waals surface area contributed by atoms with E-state index >= 15 is 0 Å². The van der Waals surface area contributed by atoms with Crippen molar-refractivity contribution in [3.05, 3.63) is 24.3 Å². The average molecular weight is 359 g/mol. The molecule has 1 N–H and O–H groups in total. The van der Waals surface area contributed by atoms with Crippen LogP contribution in [0.1, 0.15) is 32.1 Å². The van der Waals surface area contributed by atoms with E-state index in [1.54, 1.807) is 7.11 Å². The summed E-state index contributed by atoms with van der Waals surface area (Å²) in [6, 6.07) is 7.40. The van der Waals surface area contributed by atoms with Gasteiger partial charge in [-0.15, -0.1) is 0 Å². The van der Waals surface area contributed by atoms with Crippen LogP contribution in [0.15, 0.2) is 24.3 Å². The highest BCUT2D eigenvalue weighted by atomic mass is 16.5. The Kier molecular flexibility index (Phi) is 6.50. The lowest BCUT2D eigenvalue weighted by molar-refractivity contribution is -0.134. The van der Waals surface area contributed by atoms with Gasteiger partial charge in [0.25, 0.3) is 0 Å². The Bertz CT molecular complexity index is 626. The monoisotopic (exact) mass is 359 g/mol. The van der Waals surface area contributed by atoms with Gasteiger partial charge in [0.1, 0.15) is 5.75 Å². The van der Waals surface area contributed by atoms with Crippen LogP contribution in [-0.4, -0.2) is 61.4 Å². The van der Waals surface area contributed by atoms with E-state index < -0.39 is 0 Å². The molecule has 6 heteroatoms. The fourth-order valence-electron chi connectivity index (χ4n) is 3.80. The van der Waals surface area contributed by atoms with Gasteiger partial charge in [-0.25, -0.2) is 0 Å². The molecule has 0 saturated carbocycles. The zero-order valence-corrected chi connectivity index (χ0v) is 15.6. The van der Waals surface area contributed by atoms with Crippen molar-refractivity contribution in [2.24, 2.45) is 5.92 Å². The Labute approximate surface area is 155 Å². The number of rotatable bonds is 6. The molecular weight excluding hydrogens is 330 g/mol. The maximum absolute atomic E-state index is 12.3. The summed E-state index contributed by atoms with van der Waals surface area (Å²) in [5.41, 5.74) is 0.757. The zero-order valence-electron chi connectivity index (χ0n) is 15.6. The van der Waals surface area contributed by atoms with Gasteiger partial charge >= 0.3 is 0 Å². The molecule has 1 aromatic carbocycles. The van der Waals surface area contributed by atoms with Crippen molar-refractivity contribution in [2.75, 3.05) is 45.2 Å². The number of carbonyl (C=O) groups excluding carboxylic acids is 2. The minimum Gasteiger partial charge on any atom is -0.497 e. The number of hydrogen-bond acceptors (Lipinski definition) is 4. The van der Waals surface area contributed by atoms with E-state index in [1.165, 1.54) is 0 Å². The zero-order chi connectivity index (χ0) is 18.4. The molecule has 0 unspecified atom stereocenters. The second kappa shape index (κ2) is 9.03. The number of benzene rings is 1. The van der Waals surface area contributed by atoms with Crippen molar-refractivity contribution in [2.45, 2.75) is 32.1 Å². The molecule has 0 radical (unpaired) electrons. The maximum atomic E-state index is 12.3. The molecule has 2 saturated heterocycles. The van der Waals surface area contributed by atoms with Crippen molar-refractivity contribution >= 4 is 17.5 Å². The largest absolute Gasteiger partial charge is 0.497 e. The minimum absolute atomic E-state index is 0.00270. The third-order valence-electron chi connectivity index (χ3n) is 5.33. The van der Waals surface area contributed by atoms with Crippen LogP contribution < -0.4 is 10.1 Å². The summed E-state index contributed by atoms with van der Waals surface area (Å²) < 4.78 is 5.18. The SMILES string of the molecule is COc1cccc(NC(=O)CN2CCC(CN3CCCCC3=O)CC2)c1. The number of ether oxygens (including phenoxy) is 1. The van der Waals surface area contributed by atoms with Crippen LogP contribution in [0.5, 0.6) is 5.75 Å². The van der Waals surface area contributed by atoms with Gasteiger partial charge in [0.15, 0.2) is 0 Å². The van der Waals surface area contributed by atoms with Gasteiger partial charge < -0.3 is 15.0 Å². The standard InChI is InChI=1S/C20H29N3O3/c1-26-18-6-4-5-17(13-18)21-19(24)15-22-11-8-16(9-12-22)14-23-10-3-2-7-20(23)25/h4-6,13,16H,2-3,7-12,14-15H2,1H3,(H,21,24). The number of hydrogen-bond donors (Lipinski definition) is 1. The van der Waals surface area contributed by atoms with E-state index in [1.807, 2.05) is 29.2 Å². The third-order valence-corrected chi connectivity index (χ3v) is 5.33. The lowest BCUT2D eigenvalue weighted by Crippen LogP contribution is -2.44. The first-order chi connectivity index (χ1) is 12.6. The Hall–Kier alpha value is -2.08. The summed E-state index contributed by atoms with van der Waals surface area (Å²) in [5, 5.41) is 2.93. The van der Waals surface area contributed by atoms with E-state index in [4.69, 9.17) is 4.74 Å². The molecule has 1 aromatic rings. The Balaban J connectivity index is 1.40. The van der Waals surface area contributed by atoms with Crippen LogP contribution in [0.25, 0.3) is 0 Å². The van der Waals surface area contributed by atoms with Crippen molar-refractivity contribution < 1.29 is 14.3 Å². The Morgan fingerprint density at radius 1 is 1.23 bits per heavy atom. The van der Waals surface area contributed by atoms with Gasteiger partial charge in [-0.2, -0.15) is 0 Å². The highest BCUT2D eigenvalue weighted by Gasteiger charge is 2.25. The van der Waals surface area contributed by atoms with Crippen molar-refractivity contribution in [3.63, 3.8) is 0 Å². The van der Waals surface area contributed by atoms with Crippen molar-refractivity contribution in [3.8, 4) is 5.75 Å². The quantitative estimate of drug-likeness (QED) is 0.847. The van der Waals surface area contributed by atoms with Gasteiger partial charge in [0.2, 0.25) is 11.8 Å². The van der Waals surface area contributed by atoms with Gasteiger partial charge in [-0.05, 0) is 56.8 Å². The lowest BCUT2D eigenvalue weighted by Gasteiger charge is -2.35. The molecule has 0 atom stereocenters. The number of carbonyl (C=O) groups is 2. The van der Waals surface area contributed by atoms with E-state index in [-0.39, 0.29) is 5.91 Å². The molecule has 142 valence electrons. The summed E-state index contributed by atoms with van der Waals surface area (Å²) in [4.78, 5) is 28.5. The highest BCUT2D eigenvalue weighted by Crippen LogP contribution is 2.21. The number of anilines is 1. The smallest absolute Gasteiger partial charge is 0.238 e. The number of amides is 2.